The van der Waals surface area contributed by atoms with Crippen molar-refractivity contribution in [1.29, 1.82) is 0 Å². The maximum absolute atomic E-state index is 12.1. The summed E-state index contributed by atoms with van der Waals surface area (Å²) in [4.78, 5) is 23.4. The molecule has 0 aromatic heterocycles. The minimum atomic E-state index is -0.434. The smallest absolute Gasteiger partial charge is 0.314 e. The standard InChI is InChI=1S/C17H27NO4/c1-5-9-14(10-6-2)15(17(20)22-8-4)13-18-12-11-16(19)21-7-3/h5-6,9-10,15,18H,1,7-8,11-13H2,2-4H3/b10-6-,14-9+. The summed E-state index contributed by atoms with van der Waals surface area (Å²) in [5.41, 5.74) is 0.819. The lowest BCUT2D eigenvalue weighted by atomic mass is 9.97. The average molecular weight is 309 g/mol. The van der Waals surface area contributed by atoms with E-state index < -0.39 is 5.92 Å². The number of nitrogens with one attached hydrogen (secondary N) is 1. The normalized spacial score (nSPS) is 13.0. The van der Waals surface area contributed by atoms with Crippen LogP contribution in [0.25, 0.3) is 0 Å². The number of hydrogen-bond donors (Lipinski definition) is 1. The zero-order chi connectivity index (χ0) is 16.8. The molecule has 124 valence electrons. The quantitative estimate of drug-likeness (QED) is 0.361. The van der Waals surface area contributed by atoms with Crippen LogP contribution >= 0.6 is 0 Å². The van der Waals surface area contributed by atoms with Gasteiger partial charge in [-0.05, 0) is 26.3 Å². The summed E-state index contributed by atoms with van der Waals surface area (Å²) in [5, 5.41) is 3.10. The molecule has 1 N–H and O–H groups in total. The molecule has 0 aliphatic rings. The van der Waals surface area contributed by atoms with Gasteiger partial charge in [-0.15, -0.1) is 0 Å². The molecule has 0 fully saturated rings. The predicted molar refractivity (Wildman–Crippen MR) is 87.3 cm³/mol. The van der Waals surface area contributed by atoms with Crippen molar-refractivity contribution in [2.75, 3.05) is 26.3 Å². The van der Waals surface area contributed by atoms with Crippen LogP contribution in [0.5, 0.6) is 0 Å². The Kier molecular flexibility index (Phi) is 11.7. The molecule has 5 heteroatoms. The fourth-order valence-corrected chi connectivity index (χ4v) is 1.87. The molecule has 0 heterocycles. The van der Waals surface area contributed by atoms with E-state index in [1.807, 2.05) is 19.1 Å². The molecule has 0 rings (SSSR count). The lowest BCUT2D eigenvalue weighted by Crippen LogP contribution is -2.32. The average Bonchev–Trinajstić information content (AvgIpc) is 2.47. The Hall–Kier alpha value is -1.88. The summed E-state index contributed by atoms with van der Waals surface area (Å²) >= 11 is 0. The van der Waals surface area contributed by atoms with Gasteiger partial charge in [0.2, 0.25) is 0 Å². The highest BCUT2D eigenvalue weighted by molar-refractivity contribution is 5.77. The Morgan fingerprint density at radius 1 is 1.23 bits per heavy atom. The molecule has 0 radical (unpaired) electrons. The molecule has 22 heavy (non-hydrogen) atoms. The number of esters is 2. The summed E-state index contributed by atoms with van der Waals surface area (Å²) in [6, 6.07) is 0. The largest absolute Gasteiger partial charge is 0.466 e. The van der Waals surface area contributed by atoms with Crippen LogP contribution in [0.3, 0.4) is 0 Å². The van der Waals surface area contributed by atoms with E-state index >= 15 is 0 Å². The third-order valence-electron chi connectivity index (χ3n) is 2.80. The molecule has 0 amide bonds. The SMILES string of the molecule is C=C/C=C(\C=C/C)C(CNCCC(=O)OCC)C(=O)OCC. The molecule has 0 saturated carbocycles. The Morgan fingerprint density at radius 3 is 2.45 bits per heavy atom. The second-order valence-corrected chi connectivity index (χ2v) is 4.47. The molecule has 0 aliphatic carbocycles. The van der Waals surface area contributed by atoms with E-state index in [9.17, 15) is 9.59 Å². The first-order valence-electron chi connectivity index (χ1n) is 7.58. The third kappa shape index (κ3) is 8.42. The van der Waals surface area contributed by atoms with Crippen LogP contribution in [0.1, 0.15) is 27.2 Å². The number of carbonyl (C=O) groups excluding carboxylic acids is 2. The van der Waals surface area contributed by atoms with Crippen molar-refractivity contribution in [2.45, 2.75) is 27.2 Å². The van der Waals surface area contributed by atoms with E-state index in [1.54, 1.807) is 26.0 Å². The fraction of sp³-hybridized carbons (Fsp3) is 0.529. The molecule has 1 atom stereocenters. The van der Waals surface area contributed by atoms with Crippen molar-refractivity contribution < 1.29 is 19.1 Å². The fourth-order valence-electron chi connectivity index (χ4n) is 1.87. The van der Waals surface area contributed by atoms with Crippen LogP contribution in [0, 0.1) is 5.92 Å². The molecule has 0 spiro atoms. The minimum absolute atomic E-state index is 0.252. The Labute approximate surface area is 133 Å². The highest BCUT2D eigenvalue weighted by Crippen LogP contribution is 2.15. The van der Waals surface area contributed by atoms with Crippen LogP contribution in [0.15, 0.2) is 36.5 Å². The molecule has 0 aliphatic heterocycles. The minimum Gasteiger partial charge on any atom is -0.466 e. The van der Waals surface area contributed by atoms with Crippen molar-refractivity contribution in [1.82, 2.24) is 5.32 Å². The van der Waals surface area contributed by atoms with Crippen molar-refractivity contribution >= 4 is 11.9 Å². The van der Waals surface area contributed by atoms with Crippen LogP contribution in [0.4, 0.5) is 0 Å². The summed E-state index contributed by atoms with van der Waals surface area (Å²) in [6.07, 6.45) is 7.42. The summed E-state index contributed by atoms with van der Waals surface area (Å²) in [6.45, 7) is 10.6. The van der Waals surface area contributed by atoms with Gasteiger partial charge in [-0.3, -0.25) is 9.59 Å². The number of hydrogen-bond acceptors (Lipinski definition) is 5. The highest BCUT2D eigenvalue weighted by atomic mass is 16.5. The van der Waals surface area contributed by atoms with Gasteiger partial charge in [0.25, 0.3) is 0 Å². The molecule has 5 nitrogen and oxygen atoms in total. The van der Waals surface area contributed by atoms with Crippen LogP contribution in [-0.2, 0) is 19.1 Å². The van der Waals surface area contributed by atoms with E-state index in [4.69, 9.17) is 9.47 Å². The van der Waals surface area contributed by atoms with E-state index in [2.05, 4.69) is 11.9 Å². The third-order valence-corrected chi connectivity index (χ3v) is 2.80. The lowest BCUT2D eigenvalue weighted by Gasteiger charge is -2.17. The molecular weight excluding hydrogens is 282 g/mol. The summed E-state index contributed by atoms with van der Waals surface area (Å²) < 4.78 is 9.97. The van der Waals surface area contributed by atoms with Gasteiger partial charge in [0.1, 0.15) is 0 Å². The highest BCUT2D eigenvalue weighted by Gasteiger charge is 2.22. The zero-order valence-corrected chi connectivity index (χ0v) is 13.8. The Balaban J connectivity index is 4.67. The summed E-state index contributed by atoms with van der Waals surface area (Å²) in [7, 11) is 0. The van der Waals surface area contributed by atoms with Gasteiger partial charge in [-0.1, -0.05) is 30.9 Å². The molecule has 0 aromatic carbocycles. The molecule has 1 unspecified atom stereocenters. The van der Waals surface area contributed by atoms with Crippen LogP contribution in [-0.4, -0.2) is 38.2 Å². The summed E-state index contributed by atoms with van der Waals surface area (Å²) in [5.74, 6) is -0.980. The monoisotopic (exact) mass is 309 g/mol. The van der Waals surface area contributed by atoms with Gasteiger partial charge < -0.3 is 14.8 Å². The van der Waals surface area contributed by atoms with Gasteiger partial charge in [-0.25, -0.2) is 0 Å². The molecule has 0 aromatic rings. The van der Waals surface area contributed by atoms with Crippen LogP contribution in [0.2, 0.25) is 0 Å². The van der Waals surface area contributed by atoms with E-state index in [0.717, 1.165) is 5.57 Å². The van der Waals surface area contributed by atoms with Gasteiger partial charge >= 0.3 is 11.9 Å². The lowest BCUT2D eigenvalue weighted by molar-refractivity contribution is -0.146. The predicted octanol–water partition coefficient (Wildman–Crippen LogP) is 2.40. The van der Waals surface area contributed by atoms with E-state index in [0.29, 0.717) is 26.3 Å². The molecule has 0 bridgehead atoms. The number of carbonyl (C=O) groups is 2. The Bertz CT molecular complexity index is 413. The maximum atomic E-state index is 12.1. The first-order valence-corrected chi connectivity index (χ1v) is 7.58. The number of rotatable bonds is 11. The van der Waals surface area contributed by atoms with Crippen molar-refractivity contribution in [3.05, 3.63) is 36.5 Å². The van der Waals surface area contributed by atoms with Crippen molar-refractivity contribution in [3.8, 4) is 0 Å². The van der Waals surface area contributed by atoms with Gasteiger partial charge in [0.15, 0.2) is 0 Å². The zero-order valence-electron chi connectivity index (χ0n) is 13.8. The first kappa shape index (κ1) is 20.1. The second-order valence-electron chi connectivity index (χ2n) is 4.47. The van der Waals surface area contributed by atoms with Crippen LogP contribution < -0.4 is 5.32 Å². The van der Waals surface area contributed by atoms with E-state index in [1.165, 1.54) is 0 Å². The topological polar surface area (TPSA) is 64.6 Å². The van der Waals surface area contributed by atoms with Gasteiger partial charge in [-0.2, -0.15) is 0 Å². The second kappa shape index (κ2) is 12.8. The van der Waals surface area contributed by atoms with E-state index in [-0.39, 0.29) is 18.4 Å². The number of ether oxygens (including phenoxy) is 2. The molecule has 0 saturated heterocycles. The van der Waals surface area contributed by atoms with Gasteiger partial charge in [0.05, 0.1) is 25.6 Å². The van der Waals surface area contributed by atoms with Gasteiger partial charge in [0, 0.05) is 13.1 Å². The number of allylic oxidation sites excluding steroid dienone is 4. The Morgan fingerprint density at radius 2 is 1.91 bits per heavy atom. The first-order chi connectivity index (χ1) is 10.6. The molecular formula is C17H27NO4. The maximum Gasteiger partial charge on any atom is 0.314 e. The van der Waals surface area contributed by atoms with Crippen molar-refractivity contribution in [3.63, 3.8) is 0 Å². The van der Waals surface area contributed by atoms with Crippen molar-refractivity contribution in [2.24, 2.45) is 5.92 Å².